The van der Waals surface area contributed by atoms with E-state index in [9.17, 15) is 9.59 Å². The van der Waals surface area contributed by atoms with Gasteiger partial charge in [0.15, 0.2) is 0 Å². The van der Waals surface area contributed by atoms with Crippen LogP contribution < -0.4 is 0 Å². The Morgan fingerprint density at radius 3 is 2.66 bits per heavy atom. The van der Waals surface area contributed by atoms with Gasteiger partial charge in [-0.15, -0.1) is 0 Å². The average Bonchev–Trinajstić information content (AvgIpc) is 2.73. The highest BCUT2D eigenvalue weighted by molar-refractivity contribution is 8.23. The molecule has 3 aliphatic heterocycles. The van der Waals surface area contributed by atoms with Crippen LogP contribution in [0, 0.1) is 11.8 Å². The predicted molar refractivity (Wildman–Crippen MR) is 119 cm³/mol. The van der Waals surface area contributed by atoms with Crippen molar-refractivity contribution in [2.75, 3.05) is 39.1 Å². The van der Waals surface area contributed by atoms with Gasteiger partial charge in [-0.2, -0.15) is 0 Å². The number of esters is 2. The van der Waals surface area contributed by atoms with Crippen LogP contribution in [0.5, 0.6) is 0 Å². The van der Waals surface area contributed by atoms with E-state index < -0.39 is 0 Å². The third-order valence-electron chi connectivity index (χ3n) is 6.63. The number of carbonyl (C=O) groups is 2. The number of nitrogens with zero attached hydrogens (tertiary/aromatic N) is 2. The molecular formula is C21H34N2O4S2. The Morgan fingerprint density at radius 2 is 1.93 bits per heavy atom. The van der Waals surface area contributed by atoms with Crippen molar-refractivity contribution in [3.8, 4) is 0 Å². The minimum Gasteiger partial charge on any atom is -0.468 e. The third kappa shape index (κ3) is 5.64. The van der Waals surface area contributed by atoms with Gasteiger partial charge in [0.05, 0.1) is 19.5 Å². The Balaban J connectivity index is 1.71. The predicted octanol–water partition coefficient (Wildman–Crippen LogP) is 3.09. The maximum atomic E-state index is 11.8. The maximum absolute atomic E-state index is 11.8. The minimum absolute atomic E-state index is 0.113. The fraction of sp³-hybridized carbons (Fsp3) is 0.857. The molecule has 0 aromatic rings. The number of likely N-dealkylation sites (tertiary alicyclic amines) is 1. The first kappa shape index (κ1) is 22.8. The summed E-state index contributed by atoms with van der Waals surface area (Å²) in [5.41, 5.74) is 0. The zero-order valence-electron chi connectivity index (χ0n) is 17.6. The molecule has 4 atom stereocenters. The maximum Gasteiger partial charge on any atom is 0.316 e. The van der Waals surface area contributed by atoms with E-state index in [1.54, 1.807) is 0 Å². The first-order valence-electron chi connectivity index (χ1n) is 10.9. The van der Waals surface area contributed by atoms with Crippen molar-refractivity contribution in [3.63, 3.8) is 0 Å². The van der Waals surface area contributed by atoms with E-state index in [4.69, 9.17) is 21.7 Å². The molecule has 0 N–H and O–H groups in total. The lowest BCUT2D eigenvalue weighted by Gasteiger charge is -2.58. The summed E-state index contributed by atoms with van der Waals surface area (Å²) >= 11 is 7.19. The number of methoxy groups -OCH3 is 1. The van der Waals surface area contributed by atoms with Crippen molar-refractivity contribution in [2.45, 2.75) is 64.0 Å². The van der Waals surface area contributed by atoms with Crippen LogP contribution in [0.25, 0.3) is 0 Å². The highest BCUT2D eigenvalue weighted by Gasteiger charge is 2.48. The lowest BCUT2D eigenvalue weighted by atomic mass is 9.69. The van der Waals surface area contributed by atoms with Crippen molar-refractivity contribution in [2.24, 2.45) is 11.8 Å². The summed E-state index contributed by atoms with van der Waals surface area (Å²) in [5, 5.41) is 0. The monoisotopic (exact) mass is 442 g/mol. The van der Waals surface area contributed by atoms with Gasteiger partial charge in [-0.25, -0.2) is 0 Å². The number of piperidine rings is 3. The smallest absolute Gasteiger partial charge is 0.316 e. The number of ether oxygens (including phenoxy) is 2. The molecule has 0 unspecified atom stereocenters. The van der Waals surface area contributed by atoms with Crippen LogP contribution in [-0.4, -0.2) is 77.2 Å². The highest BCUT2D eigenvalue weighted by Crippen LogP contribution is 2.44. The summed E-state index contributed by atoms with van der Waals surface area (Å²) < 4.78 is 10.7. The molecule has 8 heteroatoms. The Kier molecular flexibility index (Phi) is 8.62. The van der Waals surface area contributed by atoms with Crippen molar-refractivity contribution >= 4 is 40.2 Å². The SMILES string of the molecule is CCOC(=O)CCC[C@@H]1[C@H]2CCCN3CCC[C@@H](CN1C(=S)SCC(=O)OC)[C@@H]23. The van der Waals surface area contributed by atoms with Gasteiger partial charge in [-0.3, -0.25) is 14.5 Å². The number of thiocarbonyl (C=S) groups is 1. The van der Waals surface area contributed by atoms with Gasteiger partial charge in [0.25, 0.3) is 0 Å². The summed E-state index contributed by atoms with van der Waals surface area (Å²) in [6.07, 6.45) is 7.20. The molecule has 0 amide bonds. The Labute approximate surface area is 184 Å². The lowest BCUT2D eigenvalue weighted by molar-refractivity contribution is -0.143. The van der Waals surface area contributed by atoms with E-state index in [0.29, 0.717) is 36.9 Å². The summed E-state index contributed by atoms with van der Waals surface area (Å²) in [5.74, 6) is 1.13. The van der Waals surface area contributed by atoms with Crippen LogP contribution in [0.15, 0.2) is 0 Å². The van der Waals surface area contributed by atoms with E-state index in [0.717, 1.165) is 23.7 Å². The van der Waals surface area contributed by atoms with Gasteiger partial charge in [-0.05, 0) is 70.4 Å². The van der Waals surface area contributed by atoms with Crippen LogP contribution in [0.2, 0.25) is 0 Å². The van der Waals surface area contributed by atoms with Crippen LogP contribution in [0.1, 0.15) is 51.9 Å². The summed E-state index contributed by atoms with van der Waals surface area (Å²) in [6.45, 7) is 5.68. The van der Waals surface area contributed by atoms with E-state index in [-0.39, 0.29) is 17.7 Å². The molecule has 3 aliphatic rings. The third-order valence-corrected chi connectivity index (χ3v) is 8.08. The number of hydrogen-bond acceptors (Lipinski definition) is 7. The Morgan fingerprint density at radius 1 is 1.17 bits per heavy atom. The highest BCUT2D eigenvalue weighted by atomic mass is 32.2. The molecule has 6 nitrogen and oxygen atoms in total. The van der Waals surface area contributed by atoms with Gasteiger partial charge in [0.2, 0.25) is 0 Å². The van der Waals surface area contributed by atoms with Crippen LogP contribution in [-0.2, 0) is 19.1 Å². The molecule has 0 aromatic heterocycles. The number of carbonyl (C=O) groups excluding carboxylic acids is 2. The van der Waals surface area contributed by atoms with Crippen molar-refractivity contribution in [1.82, 2.24) is 9.80 Å². The Bertz CT molecular complexity index is 601. The normalized spacial score (nSPS) is 29.1. The number of thioether (sulfide) groups is 1. The zero-order valence-corrected chi connectivity index (χ0v) is 19.3. The minimum atomic E-state index is -0.243. The van der Waals surface area contributed by atoms with E-state index in [1.165, 1.54) is 57.6 Å². The molecule has 0 aromatic carbocycles. The molecule has 0 radical (unpaired) electrons. The molecule has 164 valence electrons. The molecule has 0 spiro atoms. The second-order valence-corrected chi connectivity index (χ2v) is 9.89. The van der Waals surface area contributed by atoms with E-state index >= 15 is 0 Å². The second-order valence-electron chi connectivity index (χ2n) is 8.28. The molecule has 0 saturated carbocycles. The lowest BCUT2D eigenvalue weighted by Crippen LogP contribution is -2.65. The first-order chi connectivity index (χ1) is 14.0. The molecular weight excluding hydrogens is 408 g/mol. The largest absolute Gasteiger partial charge is 0.468 e. The van der Waals surface area contributed by atoms with Crippen LogP contribution in [0.3, 0.4) is 0 Å². The fourth-order valence-corrected chi connectivity index (χ4v) is 6.65. The summed E-state index contributed by atoms with van der Waals surface area (Å²) in [4.78, 5) is 28.5. The fourth-order valence-electron chi connectivity index (χ4n) is 5.53. The average molecular weight is 443 g/mol. The molecule has 0 bridgehead atoms. The topological polar surface area (TPSA) is 59.1 Å². The van der Waals surface area contributed by atoms with E-state index in [1.807, 2.05) is 6.92 Å². The standard InChI is InChI=1S/C21H34N2O4S2/c1-3-27-18(24)10-4-9-17-16-8-6-12-22-11-5-7-15(20(16)22)13-23(17)21(28)29-14-19(25)26-2/h15-17,20H,3-14H2,1-2H3/t15-,16+,17+,20-/m0/s1. The molecule has 3 heterocycles. The van der Waals surface area contributed by atoms with Crippen molar-refractivity contribution in [1.29, 1.82) is 0 Å². The number of hydrogen-bond donors (Lipinski definition) is 0. The van der Waals surface area contributed by atoms with Gasteiger partial charge >= 0.3 is 11.9 Å². The zero-order chi connectivity index (χ0) is 20.8. The molecule has 29 heavy (non-hydrogen) atoms. The van der Waals surface area contributed by atoms with E-state index in [2.05, 4.69) is 9.80 Å². The Hall–Kier alpha value is -0.860. The van der Waals surface area contributed by atoms with Gasteiger partial charge in [0, 0.05) is 25.0 Å². The first-order valence-corrected chi connectivity index (χ1v) is 12.3. The molecule has 0 aliphatic carbocycles. The van der Waals surface area contributed by atoms with Crippen molar-refractivity contribution < 1.29 is 19.1 Å². The second kappa shape index (κ2) is 11.0. The summed E-state index contributed by atoms with van der Waals surface area (Å²) in [6, 6.07) is 0.985. The molecule has 3 saturated heterocycles. The van der Waals surface area contributed by atoms with Crippen molar-refractivity contribution in [3.05, 3.63) is 0 Å². The van der Waals surface area contributed by atoms with Crippen LogP contribution in [0.4, 0.5) is 0 Å². The molecule has 3 fully saturated rings. The molecule has 3 rings (SSSR count). The quantitative estimate of drug-likeness (QED) is 0.440. The van der Waals surface area contributed by atoms with Gasteiger partial charge in [0.1, 0.15) is 4.32 Å². The van der Waals surface area contributed by atoms with Crippen LogP contribution >= 0.6 is 24.0 Å². The van der Waals surface area contributed by atoms with Gasteiger partial charge in [-0.1, -0.05) is 24.0 Å². The summed E-state index contributed by atoms with van der Waals surface area (Å²) in [7, 11) is 1.41. The number of rotatable bonds is 7. The van der Waals surface area contributed by atoms with Gasteiger partial charge < -0.3 is 14.4 Å².